The van der Waals surface area contributed by atoms with Crippen molar-refractivity contribution in [2.45, 2.75) is 20.3 Å². The number of benzene rings is 1. The molecule has 0 saturated carbocycles. The van der Waals surface area contributed by atoms with Gasteiger partial charge in [0.05, 0.1) is 5.56 Å². The van der Waals surface area contributed by atoms with Crippen LogP contribution in [0.5, 0.6) is 0 Å². The van der Waals surface area contributed by atoms with Crippen LogP contribution in [0.15, 0.2) is 12.1 Å². The molecule has 14 heavy (non-hydrogen) atoms. The lowest BCUT2D eigenvalue weighted by Gasteiger charge is -2.09. The van der Waals surface area contributed by atoms with Gasteiger partial charge in [0.25, 0.3) is 0 Å². The van der Waals surface area contributed by atoms with E-state index >= 15 is 0 Å². The van der Waals surface area contributed by atoms with Gasteiger partial charge in [0.15, 0.2) is 0 Å². The van der Waals surface area contributed by atoms with Crippen LogP contribution in [0.4, 0.5) is 0 Å². The molecule has 76 valence electrons. The van der Waals surface area contributed by atoms with Crippen molar-refractivity contribution in [3.63, 3.8) is 0 Å². The predicted molar refractivity (Wildman–Crippen MR) is 60.4 cm³/mol. The fourth-order valence-corrected chi connectivity index (χ4v) is 2.02. The second-order valence-corrected chi connectivity index (χ2v) is 4.08. The molecule has 0 spiro atoms. The third-order valence-electron chi connectivity index (χ3n) is 2.36. The standard InChI is InChI=1S/C11H13BrO2/c1-7-3-4-9(5-6-12)8(2)10(7)11(13)14/h3-4H,5-6H2,1-2H3,(H,13,14). The van der Waals surface area contributed by atoms with Crippen LogP contribution in [0, 0.1) is 13.8 Å². The highest BCUT2D eigenvalue weighted by atomic mass is 79.9. The molecule has 3 heteroatoms. The summed E-state index contributed by atoms with van der Waals surface area (Å²) in [5.74, 6) is -0.837. The molecule has 0 radical (unpaired) electrons. The molecule has 0 amide bonds. The summed E-state index contributed by atoms with van der Waals surface area (Å²) in [5, 5.41) is 9.88. The molecule has 1 rings (SSSR count). The predicted octanol–water partition coefficient (Wildman–Crippen LogP) is 2.94. The number of carboxylic acids is 1. The molecule has 0 unspecified atom stereocenters. The molecular formula is C11H13BrO2. The van der Waals surface area contributed by atoms with Crippen LogP contribution < -0.4 is 0 Å². The fraction of sp³-hybridized carbons (Fsp3) is 0.364. The van der Waals surface area contributed by atoms with Crippen LogP contribution >= 0.6 is 15.9 Å². The average Bonchev–Trinajstić information content (AvgIpc) is 2.10. The maximum atomic E-state index is 11.0. The van der Waals surface area contributed by atoms with Gasteiger partial charge in [-0.25, -0.2) is 4.79 Å². The van der Waals surface area contributed by atoms with Gasteiger partial charge >= 0.3 is 5.97 Å². The lowest BCUT2D eigenvalue weighted by molar-refractivity contribution is 0.0695. The Morgan fingerprint density at radius 2 is 2.07 bits per heavy atom. The molecule has 0 saturated heterocycles. The Morgan fingerprint density at radius 3 is 2.57 bits per heavy atom. The largest absolute Gasteiger partial charge is 0.478 e. The van der Waals surface area contributed by atoms with Gasteiger partial charge in [-0.1, -0.05) is 28.1 Å². The number of aryl methyl sites for hydroxylation is 2. The Hall–Kier alpha value is -0.830. The zero-order chi connectivity index (χ0) is 10.7. The van der Waals surface area contributed by atoms with Crippen molar-refractivity contribution in [2.24, 2.45) is 0 Å². The second kappa shape index (κ2) is 4.60. The van der Waals surface area contributed by atoms with Gasteiger partial charge in [0, 0.05) is 5.33 Å². The molecular weight excluding hydrogens is 244 g/mol. The van der Waals surface area contributed by atoms with E-state index in [1.54, 1.807) is 0 Å². The quantitative estimate of drug-likeness (QED) is 0.845. The average molecular weight is 257 g/mol. The monoisotopic (exact) mass is 256 g/mol. The third-order valence-corrected chi connectivity index (χ3v) is 2.76. The summed E-state index contributed by atoms with van der Waals surface area (Å²) in [6.07, 6.45) is 0.867. The number of halogens is 1. The van der Waals surface area contributed by atoms with E-state index in [4.69, 9.17) is 5.11 Å². The number of hydrogen-bond acceptors (Lipinski definition) is 1. The van der Waals surface area contributed by atoms with Crippen LogP contribution in [-0.2, 0) is 6.42 Å². The van der Waals surface area contributed by atoms with E-state index < -0.39 is 5.97 Å². The topological polar surface area (TPSA) is 37.3 Å². The zero-order valence-electron chi connectivity index (χ0n) is 8.30. The molecule has 1 aromatic carbocycles. The maximum Gasteiger partial charge on any atom is 0.336 e. The molecule has 0 aliphatic heterocycles. The SMILES string of the molecule is Cc1ccc(CCBr)c(C)c1C(=O)O. The summed E-state index contributed by atoms with van der Waals surface area (Å²) in [7, 11) is 0. The summed E-state index contributed by atoms with van der Waals surface area (Å²) in [4.78, 5) is 11.0. The molecule has 2 nitrogen and oxygen atoms in total. The number of carbonyl (C=O) groups is 1. The molecule has 0 aliphatic carbocycles. The van der Waals surface area contributed by atoms with Crippen molar-refractivity contribution in [3.05, 3.63) is 34.4 Å². The maximum absolute atomic E-state index is 11.0. The van der Waals surface area contributed by atoms with Gasteiger partial charge in [-0.15, -0.1) is 0 Å². The van der Waals surface area contributed by atoms with Crippen molar-refractivity contribution in [1.29, 1.82) is 0 Å². The molecule has 0 atom stereocenters. The highest BCUT2D eigenvalue weighted by Gasteiger charge is 2.12. The van der Waals surface area contributed by atoms with Crippen LogP contribution in [0.1, 0.15) is 27.0 Å². The molecule has 0 bridgehead atoms. The molecule has 0 heterocycles. The Balaban J connectivity index is 3.26. The van der Waals surface area contributed by atoms with Crippen LogP contribution in [0.2, 0.25) is 0 Å². The first-order valence-electron chi connectivity index (χ1n) is 4.46. The van der Waals surface area contributed by atoms with Gasteiger partial charge in [-0.2, -0.15) is 0 Å². The first-order valence-corrected chi connectivity index (χ1v) is 5.58. The minimum atomic E-state index is -0.837. The van der Waals surface area contributed by atoms with Crippen molar-refractivity contribution in [2.75, 3.05) is 5.33 Å². The van der Waals surface area contributed by atoms with E-state index in [9.17, 15) is 4.79 Å². The molecule has 0 aliphatic rings. The summed E-state index contributed by atoms with van der Waals surface area (Å²) in [6.45, 7) is 3.70. The molecule has 0 fully saturated rings. The number of carboxylic acid groups (broad SMARTS) is 1. The zero-order valence-corrected chi connectivity index (χ0v) is 9.89. The van der Waals surface area contributed by atoms with E-state index in [1.165, 1.54) is 0 Å². The minimum Gasteiger partial charge on any atom is -0.478 e. The molecule has 1 N–H and O–H groups in total. The first kappa shape index (κ1) is 11.2. The lowest BCUT2D eigenvalue weighted by Crippen LogP contribution is -2.06. The lowest BCUT2D eigenvalue weighted by atomic mass is 9.96. The number of aromatic carboxylic acids is 1. The Morgan fingerprint density at radius 1 is 1.43 bits per heavy atom. The van der Waals surface area contributed by atoms with Gasteiger partial charge in [0.2, 0.25) is 0 Å². The van der Waals surface area contributed by atoms with Crippen molar-refractivity contribution >= 4 is 21.9 Å². The summed E-state index contributed by atoms with van der Waals surface area (Å²) < 4.78 is 0. The first-order chi connectivity index (χ1) is 6.57. The van der Waals surface area contributed by atoms with Gasteiger partial charge in [-0.3, -0.25) is 0 Å². The Labute approximate surface area is 92.1 Å². The van der Waals surface area contributed by atoms with Gasteiger partial charge < -0.3 is 5.11 Å². The second-order valence-electron chi connectivity index (χ2n) is 3.29. The third kappa shape index (κ3) is 2.15. The number of alkyl halides is 1. The van der Waals surface area contributed by atoms with Crippen LogP contribution in [0.3, 0.4) is 0 Å². The minimum absolute atomic E-state index is 0.448. The number of hydrogen-bond donors (Lipinski definition) is 1. The molecule has 0 aromatic heterocycles. The number of rotatable bonds is 3. The smallest absolute Gasteiger partial charge is 0.336 e. The normalized spacial score (nSPS) is 10.2. The van der Waals surface area contributed by atoms with E-state index in [0.29, 0.717) is 5.56 Å². The van der Waals surface area contributed by atoms with E-state index in [2.05, 4.69) is 15.9 Å². The summed E-state index contributed by atoms with van der Waals surface area (Å²) in [6, 6.07) is 3.87. The summed E-state index contributed by atoms with van der Waals surface area (Å²) in [5.41, 5.74) is 3.26. The van der Waals surface area contributed by atoms with Gasteiger partial charge in [-0.05, 0) is 37.0 Å². The highest BCUT2D eigenvalue weighted by Crippen LogP contribution is 2.19. The van der Waals surface area contributed by atoms with Crippen LogP contribution in [-0.4, -0.2) is 16.4 Å². The highest BCUT2D eigenvalue weighted by molar-refractivity contribution is 9.09. The Bertz CT molecular complexity index is 359. The fourth-order valence-electron chi connectivity index (χ4n) is 1.59. The molecule has 1 aromatic rings. The van der Waals surface area contributed by atoms with E-state index in [-0.39, 0.29) is 0 Å². The van der Waals surface area contributed by atoms with Crippen molar-refractivity contribution in [3.8, 4) is 0 Å². The van der Waals surface area contributed by atoms with E-state index in [1.807, 2.05) is 26.0 Å². The van der Waals surface area contributed by atoms with Crippen LogP contribution in [0.25, 0.3) is 0 Å². The van der Waals surface area contributed by atoms with Crippen molar-refractivity contribution < 1.29 is 9.90 Å². The van der Waals surface area contributed by atoms with E-state index in [0.717, 1.165) is 28.4 Å². The Kier molecular flexibility index (Phi) is 3.69. The van der Waals surface area contributed by atoms with Gasteiger partial charge in [0.1, 0.15) is 0 Å². The summed E-state index contributed by atoms with van der Waals surface area (Å²) >= 11 is 3.35. The van der Waals surface area contributed by atoms with Crippen molar-refractivity contribution in [1.82, 2.24) is 0 Å².